The van der Waals surface area contributed by atoms with Crippen molar-refractivity contribution in [1.82, 2.24) is 4.98 Å². The average molecular weight is 266 g/mol. The van der Waals surface area contributed by atoms with Crippen molar-refractivity contribution in [1.29, 1.82) is 0 Å². The predicted octanol–water partition coefficient (Wildman–Crippen LogP) is 2.99. The number of hydrogen-bond acceptors (Lipinski definition) is 3. The molecule has 0 saturated heterocycles. The van der Waals surface area contributed by atoms with Gasteiger partial charge in [-0.3, -0.25) is 4.98 Å². The second-order valence-electron chi connectivity index (χ2n) is 3.84. The van der Waals surface area contributed by atoms with Crippen molar-refractivity contribution >= 4 is 17.3 Å². The number of halogens is 2. The Labute approximate surface area is 110 Å². The van der Waals surface area contributed by atoms with Crippen LogP contribution in [0, 0.1) is 5.82 Å². The number of rotatable bonds is 4. The van der Waals surface area contributed by atoms with Crippen molar-refractivity contribution in [3.8, 4) is 0 Å². The van der Waals surface area contributed by atoms with Gasteiger partial charge in [-0.25, -0.2) is 4.39 Å². The highest BCUT2D eigenvalue weighted by Gasteiger charge is 2.11. The van der Waals surface area contributed by atoms with E-state index < -0.39 is 0 Å². The van der Waals surface area contributed by atoms with Gasteiger partial charge in [0.15, 0.2) is 0 Å². The van der Waals surface area contributed by atoms with Crippen LogP contribution in [0.15, 0.2) is 42.7 Å². The third kappa shape index (κ3) is 2.97. The summed E-state index contributed by atoms with van der Waals surface area (Å²) in [5, 5.41) is 3.57. The molecule has 0 amide bonds. The van der Waals surface area contributed by atoms with Gasteiger partial charge < -0.3 is 11.1 Å². The molecule has 3 N–H and O–H groups in total. The Hall–Kier alpha value is -1.65. The Bertz CT molecular complexity index is 519. The van der Waals surface area contributed by atoms with Crippen LogP contribution in [0.25, 0.3) is 0 Å². The van der Waals surface area contributed by atoms with Gasteiger partial charge in [0, 0.05) is 18.9 Å². The minimum absolute atomic E-state index is 0.155. The van der Waals surface area contributed by atoms with E-state index in [0.29, 0.717) is 17.3 Å². The molecule has 1 heterocycles. The van der Waals surface area contributed by atoms with Crippen LogP contribution in [0.1, 0.15) is 11.6 Å². The lowest BCUT2D eigenvalue weighted by atomic mass is 10.1. The Morgan fingerprint density at radius 2 is 2.22 bits per heavy atom. The molecule has 3 nitrogen and oxygen atoms in total. The number of nitrogens with two attached hydrogens (primary N) is 1. The average Bonchev–Trinajstić information content (AvgIpc) is 2.41. The summed E-state index contributed by atoms with van der Waals surface area (Å²) in [5.74, 6) is -0.344. The molecule has 0 bridgehead atoms. The highest BCUT2D eigenvalue weighted by molar-refractivity contribution is 6.33. The van der Waals surface area contributed by atoms with Gasteiger partial charge in [-0.1, -0.05) is 17.7 Å². The number of anilines is 1. The molecule has 0 spiro atoms. The Morgan fingerprint density at radius 3 is 2.89 bits per heavy atom. The number of aromatic nitrogens is 1. The van der Waals surface area contributed by atoms with E-state index in [1.165, 1.54) is 18.2 Å². The molecule has 1 aromatic heterocycles. The van der Waals surface area contributed by atoms with Crippen LogP contribution < -0.4 is 11.1 Å². The first-order valence-electron chi connectivity index (χ1n) is 5.52. The van der Waals surface area contributed by atoms with Gasteiger partial charge in [0.05, 0.1) is 16.8 Å². The molecule has 5 heteroatoms. The van der Waals surface area contributed by atoms with E-state index in [4.69, 9.17) is 17.3 Å². The van der Waals surface area contributed by atoms with E-state index in [1.54, 1.807) is 12.4 Å². The van der Waals surface area contributed by atoms with Gasteiger partial charge in [-0.2, -0.15) is 0 Å². The van der Waals surface area contributed by atoms with Gasteiger partial charge in [-0.15, -0.1) is 0 Å². The summed E-state index contributed by atoms with van der Waals surface area (Å²) in [6.45, 7) is 0.360. The van der Waals surface area contributed by atoms with Crippen LogP contribution in [0.5, 0.6) is 0 Å². The number of hydrogen-bond donors (Lipinski definition) is 2. The molecule has 1 aromatic carbocycles. The molecule has 1 unspecified atom stereocenters. The quantitative estimate of drug-likeness (QED) is 0.894. The molecule has 2 rings (SSSR count). The summed E-state index contributed by atoms with van der Waals surface area (Å²) in [6.07, 6.45) is 3.41. The van der Waals surface area contributed by atoms with Crippen LogP contribution in [-0.2, 0) is 0 Å². The Balaban J connectivity index is 2.23. The van der Waals surface area contributed by atoms with Crippen molar-refractivity contribution in [3.05, 3.63) is 59.1 Å². The Morgan fingerprint density at radius 1 is 1.39 bits per heavy atom. The van der Waals surface area contributed by atoms with Gasteiger partial charge in [0.1, 0.15) is 5.82 Å². The zero-order valence-electron chi connectivity index (χ0n) is 9.61. The summed E-state index contributed by atoms with van der Waals surface area (Å²) in [7, 11) is 0. The molecule has 0 saturated carbocycles. The van der Waals surface area contributed by atoms with E-state index in [1.807, 2.05) is 12.1 Å². The number of nitrogens with one attached hydrogen (secondary N) is 1. The first-order valence-corrected chi connectivity index (χ1v) is 5.90. The van der Waals surface area contributed by atoms with Crippen molar-refractivity contribution < 1.29 is 4.39 Å². The number of nitrogens with zero attached hydrogens (tertiary/aromatic N) is 1. The van der Waals surface area contributed by atoms with Gasteiger partial charge >= 0.3 is 0 Å². The predicted molar refractivity (Wildman–Crippen MR) is 71.1 cm³/mol. The first-order chi connectivity index (χ1) is 8.70. The fraction of sp³-hybridized carbons (Fsp3) is 0.154. The fourth-order valence-electron chi connectivity index (χ4n) is 1.66. The molecular formula is C13H13ClFN3. The largest absolute Gasteiger partial charge is 0.376 e. The maximum Gasteiger partial charge on any atom is 0.125 e. The third-order valence-corrected chi connectivity index (χ3v) is 2.91. The molecule has 0 aliphatic rings. The molecule has 0 radical (unpaired) electrons. The van der Waals surface area contributed by atoms with Gasteiger partial charge in [0.25, 0.3) is 0 Å². The standard InChI is InChI=1S/C13H13ClFN3/c14-11-4-3-10(15)6-12(11)18-13(7-16)9-2-1-5-17-8-9/h1-6,8,13,18H,7,16H2. The van der Waals surface area contributed by atoms with Gasteiger partial charge in [0.2, 0.25) is 0 Å². The second-order valence-corrected chi connectivity index (χ2v) is 4.25. The zero-order chi connectivity index (χ0) is 13.0. The second kappa shape index (κ2) is 5.80. The lowest BCUT2D eigenvalue weighted by molar-refractivity contribution is 0.627. The van der Waals surface area contributed by atoms with E-state index in [0.717, 1.165) is 5.56 Å². The fourth-order valence-corrected chi connectivity index (χ4v) is 1.83. The number of benzene rings is 1. The molecule has 18 heavy (non-hydrogen) atoms. The molecule has 2 aromatic rings. The number of pyridine rings is 1. The van der Waals surface area contributed by atoms with Crippen molar-refractivity contribution in [3.63, 3.8) is 0 Å². The summed E-state index contributed by atoms with van der Waals surface area (Å²) in [5.41, 5.74) is 7.17. The Kier molecular flexibility index (Phi) is 4.12. The minimum Gasteiger partial charge on any atom is -0.376 e. The zero-order valence-corrected chi connectivity index (χ0v) is 10.4. The van der Waals surface area contributed by atoms with Crippen LogP contribution >= 0.6 is 11.6 Å². The summed E-state index contributed by atoms with van der Waals surface area (Å²) in [6, 6.07) is 7.75. The maximum absolute atomic E-state index is 13.2. The molecule has 0 aliphatic heterocycles. The first kappa shape index (κ1) is 12.8. The maximum atomic E-state index is 13.2. The lowest BCUT2D eigenvalue weighted by Gasteiger charge is -2.19. The minimum atomic E-state index is -0.344. The van der Waals surface area contributed by atoms with E-state index in [2.05, 4.69) is 10.3 Å². The van der Waals surface area contributed by atoms with Crippen LogP contribution in [0.2, 0.25) is 5.02 Å². The highest BCUT2D eigenvalue weighted by atomic mass is 35.5. The van der Waals surface area contributed by atoms with Crippen molar-refractivity contribution in [2.75, 3.05) is 11.9 Å². The summed E-state index contributed by atoms with van der Waals surface area (Å²) >= 11 is 6.00. The summed E-state index contributed by atoms with van der Waals surface area (Å²) < 4.78 is 13.2. The SMILES string of the molecule is NCC(Nc1cc(F)ccc1Cl)c1cccnc1. The van der Waals surface area contributed by atoms with Crippen molar-refractivity contribution in [2.45, 2.75) is 6.04 Å². The molecule has 0 fully saturated rings. The van der Waals surface area contributed by atoms with Crippen LogP contribution in [0.3, 0.4) is 0 Å². The van der Waals surface area contributed by atoms with E-state index in [-0.39, 0.29) is 11.9 Å². The molecule has 0 aliphatic carbocycles. The van der Waals surface area contributed by atoms with Crippen LogP contribution in [-0.4, -0.2) is 11.5 Å². The van der Waals surface area contributed by atoms with E-state index >= 15 is 0 Å². The van der Waals surface area contributed by atoms with Gasteiger partial charge in [-0.05, 0) is 29.8 Å². The summed E-state index contributed by atoms with van der Waals surface area (Å²) in [4.78, 5) is 4.03. The third-order valence-electron chi connectivity index (χ3n) is 2.58. The normalized spacial score (nSPS) is 12.2. The molecule has 94 valence electrons. The van der Waals surface area contributed by atoms with E-state index in [9.17, 15) is 4.39 Å². The topological polar surface area (TPSA) is 50.9 Å². The molecular weight excluding hydrogens is 253 g/mol. The monoisotopic (exact) mass is 265 g/mol. The lowest BCUT2D eigenvalue weighted by Crippen LogP contribution is -2.20. The van der Waals surface area contributed by atoms with Crippen LogP contribution in [0.4, 0.5) is 10.1 Å². The van der Waals surface area contributed by atoms with Crippen molar-refractivity contribution in [2.24, 2.45) is 5.73 Å². The smallest absolute Gasteiger partial charge is 0.125 e. The highest BCUT2D eigenvalue weighted by Crippen LogP contribution is 2.26. The molecule has 1 atom stereocenters.